The predicted molar refractivity (Wildman–Crippen MR) is 111 cm³/mol. The maximum absolute atomic E-state index is 11.7. The Morgan fingerprint density at radius 3 is 2.62 bits per heavy atom. The molecule has 4 heterocycles. The van der Waals surface area contributed by atoms with Crippen LogP contribution in [0.3, 0.4) is 0 Å². The number of likely N-dealkylation sites (tertiary alicyclic amines) is 1. The van der Waals surface area contributed by atoms with Crippen molar-refractivity contribution in [3.63, 3.8) is 0 Å². The van der Waals surface area contributed by atoms with E-state index < -0.39 is 9.84 Å². The number of rotatable bonds is 4. The molecule has 2 aromatic rings. The highest BCUT2D eigenvalue weighted by Crippen LogP contribution is 2.64. The first kappa shape index (κ1) is 18.1. The Morgan fingerprint density at radius 2 is 1.97 bits per heavy atom. The fraction of sp³-hybridized carbons (Fsp3) is 0.636. The number of hydrogen-bond donors (Lipinski definition) is 0. The Hall–Kier alpha value is -1.73. The molecule has 0 radical (unpaired) electrons. The number of fused-ring (bicyclic) bond motifs is 1. The van der Waals surface area contributed by atoms with Crippen LogP contribution in [0.25, 0.3) is 11.4 Å². The third kappa shape index (κ3) is 2.88. The van der Waals surface area contributed by atoms with Crippen molar-refractivity contribution in [2.24, 2.45) is 17.3 Å². The van der Waals surface area contributed by atoms with Gasteiger partial charge in [0.15, 0.2) is 9.84 Å². The van der Waals surface area contributed by atoms with Gasteiger partial charge >= 0.3 is 0 Å². The van der Waals surface area contributed by atoms with E-state index in [4.69, 9.17) is 5.10 Å². The first-order valence-electron chi connectivity index (χ1n) is 10.9. The normalized spacial score (nSPS) is 34.2. The van der Waals surface area contributed by atoms with Gasteiger partial charge in [0.25, 0.3) is 0 Å². The highest BCUT2D eigenvalue weighted by atomic mass is 32.2. The predicted octanol–water partition coefficient (Wildman–Crippen LogP) is 2.58. The first-order valence-corrected chi connectivity index (χ1v) is 12.7. The average molecular weight is 413 g/mol. The van der Waals surface area contributed by atoms with E-state index in [0.29, 0.717) is 23.5 Å². The zero-order valence-electron chi connectivity index (χ0n) is 16.9. The van der Waals surface area contributed by atoms with Crippen molar-refractivity contribution in [2.75, 3.05) is 24.6 Å². The van der Waals surface area contributed by atoms with E-state index in [1.165, 1.54) is 18.5 Å². The fourth-order valence-electron chi connectivity index (χ4n) is 6.55. The van der Waals surface area contributed by atoms with Crippen LogP contribution in [0.2, 0.25) is 0 Å². The monoisotopic (exact) mass is 412 g/mol. The number of sulfone groups is 1. The Kier molecular flexibility index (Phi) is 3.83. The highest BCUT2D eigenvalue weighted by Gasteiger charge is 2.60. The number of aryl methyl sites for hydroxylation is 1. The van der Waals surface area contributed by atoms with Crippen molar-refractivity contribution in [3.05, 3.63) is 36.2 Å². The Bertz CT molecular complexity index is 1020. The molecule has 4 fully saturated rings. The third-order valence-corrected chi connectivity index (χ3v) is 9.94. The minimum absolute atomic E-state index is 0.0867. The van der Waals surface area contributed by atoms with Crippen LogP contribution in [-0.2, 0) is 16.4 Å². The summed E-state index contributed by atoms with van der Waals surface area (Å²) in [7, 11) is -2.74. The second-order valence-electron chi connectivity index (χ2n) is 9.72. The Balaban J connectivity index is 1.14. The second kappa shape index (κ2) is 6.14. The van der Waals surface area contributed by atoms with Gasteiger partial charge in [-0.15, -0.1) is 0 Å². The molecule has 29 heavy (non-hydrogen) atoms. The summed E-state index contributed by atoms with van der Waals surface area (Å²) in [5.74, 6) is 3.01. The topological polar surface area (TPSA) is 68.1 Å². The van der Waals surface area contributed by atoms with E-state index in [1.807, 2.05) is 24.4 Å². The molecule has 1 spiro atoms. The quantitative estimate of drug-likeness (QED) is 0.772. The molecule has 6 nitrogen and oxygen atoms in total. The minimum Gasteiger partial charge on any atom is -0.300 e. The van der Waals surface area contributed by atoms with Crippen molar-refractivity contribution >= 4 is 9.84 Å². The van der Waals surface area contributed by atoms with Gasteiger partial charge in [-0.3, -0.25) is 14.6 Å². The van der Waals surface area contributed by atoms with Crippen LogP contribution in [-0.4, -0.2) is 58.7 Å². The van der Waals surface area contributed by atoms with E-state index in [9.17, 15) is 8.42 Å². The lowest BCUT2D eigenvalue weighted by Crippen LogP contribution is -2.50. The van der Waals surface area contributed by atoms with Crippen LogP contribution in [0.5, 0.6) is 0 Å². The van der Waals surface area contributed by atoms with Crippen LogP contribution in [0.15, 0.2) is 30.5 Å². The van der Waals surface area contributed by atoms with Gasteiger partial charge in [0.1, 0.15) is 5.69 Å². The van der Waals surface area contributed by atoms with Gasteiger partial charge in [0.2, 0.25) is 0 Å². The molecular weight excluding hydrogens is 384 g/mol. The molecule has 2 aliphatic heterocycles. The van der Waals surface area contributed by atoms with E-state index >= 15 is 0 Å². The first-order chi connectivity index (χ1) is 14.0. The molecule has 2 aromatic heterocycles. The largest absolute Gasteiger partial charge is 0.300 e. The summed E-state index contributed by atoms with van der Waals surface area (Å²) in [5.41, 5.74) is 3.40. The van der Waals surface area contributed by atoms with Gasteiger partial charge in [0, 0.05) is 42.4 Å². The zero-order chi connectivity index (χ0) is 19.8. The van der Waals surface area contributed by atoms with E-state index in [1.54, 1.807) is 0 Å². The average Bonchev–Trinajstić information content (AvgIpc) is 3.13. The zero-order valence-corrected chi connectivity index (χ0v) is 17.7. The molecule has 0 amide bonds. The lowest BCUT2D eigenvalue weighted by molar-refractivity contribution is 0.201. The molecule has 4 aliphatic rings. The molecule has 0 unspecified atom stereocenters. The molecule has 2 aliphatic carbocycles. The van der Waals surface area contributed by atoms with Crippen molar-refractivity contribution in [1.82, 2.24) is 19.7 Å². The van der Waals surface area contributed by atoms with Gasteiger partial charge in [-0.2, -0.15) is 5.10 Å². The molecule has 0 aromatic carbocycles. The molecule has 0 N–H and O–H groups in total. The van der Waals surface area contributed by atoms with Gasteiger partial charge in [-0.1, -0.05) is 6.07 Å². The molecule has 154 valence electrons. The SMILES string of the molecule is CCn1nc(-c2ccccn2)cc1[C@H]1[C@@H]2C[C@@H](N3CCC4(C3)CS(=O)(=O)C4)C[C@@H]21. The maximum Gasteiger partial charge on any atom is 0.151 e. The van der Waals surface area contributed by atoms with E-state index in [-0.39, 0.29) is 5.41 Å². The highest BCUT2D eigenvalue weighted by molar-refractivity contribution is 7.92. The summed E-state index contributed by atoms with van der Waals surface area (Å²) < 4.78 is 25.5. The number of pyridine rings is 1. The molecule has 4 atom stereocenters. The molecule has 7 heteroatoms. The van der Waals surface area contributed by atoms with Gasteiger partial charge in [-0.25, -0.2) is 8.42 Å². The third-order valence-electron chi connectivity index (χ3n) is 7.84. The number of hydrogen-bond acceptors (Lipinski definition) is 5. The van der Waals surface area contributed by atoms with Crippen molar-refractivity contribution in [2.45, 2.75) is 44.7 Å². The standard InChI is InChI=1S/C22H28N4O2S/c1-2-26-20(11-19(24-26)18-5-3-4-7-23-18)21-16-9-15(10-17(16)21)25-8-6-22(12-25)13-29(27,28)14-22/h3-5,7,11,15-17,21H,2,6,8-10,12-14H2,1H3/t15-,16-,17+,21+. The van der Waals surface area contributed by atoms with Gasteiger partial charge < -0.3 is 0 Å². The van der Waals surface area contributed by atoms with Gasteiger partial charge in [-0.05, 0) is 62.8 Å². The smallest absolute Gasteiger partial charge is 0.151 e. The fourth-order valence-corrected chi connectivity index (χ4v) is 8.80. The number of nitrogens with zero attached hydrogens (tertiary/aromatic N) is 4. The van der Waals surface area contributed by atoms with Gasteiger partial charge in [0.05, 0.1) is 17.2 Å². The Labute approximate surface area is 172 Å². The molecule has 2 saturated carbocycles. The summed E-state index contributed by atoms with van der Waals surface area (Å²) >= 11 is 0. The van der Waals surface area contributed by atoms with Crippen molar-refractivity contribution in [1.29, 1.82) is 0 Å². The summed E-state index contributed by atoms with van der Waals surface area (Å²) in [6.45, 7) is 5.14. The second-order valence-corrected chi connectivity index (χ2v) is 11.8. The van der Waals surface area contributed by atoms with Crippen LogP contribution in [0.1, 0.15) is 37.8 Å². The lowest BCUT2D eigenvalue weighted by Gasteiger charge is -2.38. The van der Waals surface area contributed by atoms with Crippen LogP contribution in [0, 0.1) is 17.3 Å². The summed E-state index contributed by atoms with van der Waals surface area (Å²) in [6, 6.07) is 8.89. The van der Waals surface area contributed by atoms with Crippen LogP contribution >= 0.6 is 0 Å². The summed E-state index contributed by atoms with van der Waals surface area (Å²) in [5, 5.41) is 4.82. The molecule has 6 rings (SSSR count). The van der Waals surface area contributed by atoms with E-state index in [0.717, 1.165) is 49.3 Å². The van der Waals surface area contributed by atoms with Crippen LogP contribution < -0.4 is 0 Å². The van der Waals surface area contributed by atoms with Crippen molar-refractivity contribution < 1.29 is 8.42 Å². The molecule has 0 bridgehead atoms. The lowest BCUT2D eigenvalue weighted by atomic mass is 9.91. The maximum atomic E-state index is 11.7. The summed E-state index contributed by atoms with van der Waals surface area (Å²) in [6.07, 6.45) is 5.40. The van der Waals surface area contributed by atoms with Crippen LogP contribution in [0.4, 0.5) is 0 Å². The number of aromatic nitrogens is 3. The van der Waals surface area contributed by atoms with Crippen molar-refractivity contribution in [3.8, 4) is 11.4 Å². The molecule has 2 saturated heterocycles. The minimum atomic E-state index is -2.74. The van der Waals surface area contributed by atoms with E-state index in [2.05, 4.69) is 27.6 Å². The molecular formula is C22H28N4O2S. The summed E-state index contributed by atoms with van der Waals surface area (Å²) in [4.78, 5) is 7.07. The Morgan fingerprint density at radius 1 is 1.17 bits per heavy atom.